The van der Waals surface area contributed by atoms with Gasteiger partial charge in [-0.05, 0) is 77.1 Å². The summed E-state index contributed by atoms with van der Waals surface area (Å²) in [5.41, 5.74) is 6.80. The van der Waals surface area contributed by atoms with Gasteiger partial charge in [-0.25, -0.2) is 4.79 Å². The van der Waals surface area contributed by atoms with E-state index < -0.39 is 12.1 Å². The van der Waals surface area contributed by atoms with Crippen LogP contribution in [0.5, 0.6) is 5.75 Å². The zero-order chi connectivity index (χ0) is 27.0. The summed E-state index contributed by atoms with van der Waals surface area (Å²) in [6.07, 6.45) is 1.07. The predicted molar refractivity (Wildman–Crippen MR) is 147 cm³/mol. The average molecular weight is 498 g/mol. The Morgan fingerprint density at radius 3 is 2.32 bits per heavy atom. The van der Waals surface area contributed by atoms with Gasteiger partial charge in [0, 0.05) is 17.8 Å². The van der Waals surface area contributed by atoms with E-state index in [2.05, 4.69) is 82.1 Å². The highest BCUT2D eigenvalue weighted by Crippen LogP contribution is 2.49. The number of carboxylic acid groups (broad SMARTS) is 1. The molecule has 0 heterocycles. The third-order valence-electron chi connectivity index (χ3n) is 7.44. The fraction of sp³-hybridized carbons (Fsp3) is 0.344. The summed E-state index contributed by atoms with van der Waals surface area (Å²) in [5.74, 6) is 4.19. The average Bonchev–Trinajstić information content (AvgIpc) is 2.84. The molecular formula is C32H35NO4. The highest BCUT2D eigenvalue weighted by atomic mass is 16.4. The number of aromatic hydroxyl groups is 1. The number of anilines is 1. The number of aliphatic hydroxyl groups excluding tert-OH is 1. The molecule has 0 spiro atoms. The van der Waals surface area contributed by atoms with Gasteiger partial charge < -0.3 is 20.6 Å². The number of hydrogen-bond donors (Lipinski definition) is 4. The minimum atomic E-state index is -1.21. The van der Waals surface area contributed by atoms with Crippen molar-refractivity contribution in [1.82, 2.24) is 0 Å². The molecule has 4 N–H and O–H groups in total. The van der Waals surface area contributed by atoms with Crippen LogP contribution in [0.3, 0.4) is 0 Å². The van der Waals surface area contributed by atoms with Crippen LogP contribution in [0.2, 0.25) is 0 Å². The van der Waals surface area contributed by atoms with E-state index in [0.29, 0.717) is 17.7 Å². The molecule has 0 saturated heterocycles. The van der Waals surface area contributed by atoms with E-state index >= 15 is 0 Å². The molecule has 0 amide bonds. The second-order valence-corrected chi connectivity index (χ2v) is 11.3. The first-order chi connectivity index (χ1) is 17.4. The second kappa shape index (κ2) is 9.95. The van der Waals surface area contributed by atoms with Crippen molar-refractivity contribution < 1.29 is 20.1 Å². The number of rotatable bonds is 5. The lowest BCUT2D eigenvalue weighted by Gasteiger charge is -2.43. The van der Waals surface area contributed by atoms with E-state index in [1.54, 1.807) is 0 Å². The summed E-state index contributed by atoms with van der Waals surface area (Å²) in [5, 5.41) is 33.8. The summed E-state index contributed by atoms with van der Waals surface area (Å²) in [7, 11) is 0. The molecule has 5 nitrogen and oxygen atoms in total. The SMILES string of the molecule is Cc1ccc(CNc2cc(C(O)C#Cc3ccc(C(=O)O)c(O)c3)cc3c2C(C)(C)CCC3(C)C)cc1. The van der Waals surface area contributed by atoms with Gasteiger partial charge in [-0.2, -0.15) is 0 Å². The first kappa shape index (κ1) is 26.3. The van der Waals surface area contributed by atoms with E-state index in [-0.39, 0.29) is 22.1 Å². The molecule has 192 valence electrons. The van der Waals surface area contributed by atoms with Crippen molar-refractivity contribution in [3.8, 4) is 17.6 Å². The number of phenols is 1. The Morgan fingerprint density at radius 2 is 1.68 bits per heavy atom. The monoisotopic (exact) mass is 497 g/mol. The van der Waals surface area contributed by atoms with Crippen LogP contribution in [0.1, 0.15) is 90.4 Å². The highest BCUT2D eigenvalue weighted by molar-refractivity contribution is 5.90. The van der Waals surface area contributed by atoms with Crippen molar-refractivity contribution in [2.45, 2.75) is 70.9 Å². The molecule has 0 aromatic heterocycles. The third-order valence-corrected chi connectivity index (χ3v) is 7.44. The molecule has 5 heteroatoms. The minimum Gasteiger partial charge on any atom is -0.507 e. The van der Waals surface area contributed by atoms with Gasteiger partial charge in [0.2, 0.25) is 0 Å². The molecule has 3 aromatic rings. The Bertz CT molecular complexity index is 1390. The molecule has 0 saturated carbocycles. The van der Waals surface area contributed by atoms with Crippen molar-refractivity contribution in [2.24, 2.45) is 0 Å². The van der Waals surface area contributed by atoms with E-state index in [1.807, 2.05) is 6.07 Å². The van der Waals surface area contributed by atoms with E-state index in [9.17, 15) is 15.0 Å². The van der Waals surface area contributed by atoms with Gasteiger partial charge in [0.15, 0.2) is 0 Å². The summed E-state index contributed by atoms with van der Waals surface area (Å²) in [4.78, 5) is 11.1. The summed E-state index contributed by atoms with van der Waals surface area (Å²) in [6, 6.07) is 16.7. The smallest absolute Gasteiger partial charge is 0.339 e. The van der Waals surface area contributed by atoms with Gasteiger partial charge in [-0.3, -0.25) is 0 Å². The van der Waals surface area contributed by atoms with Crippen molar-refractivity contribution in [1.29, 1.82) is 0 Å². The fourth-order valence-electron chi connectivity index (χ4n) is 5.04. The zero-order valence-corrected chi connectivity index (χ0v) is 22.1. The molecule has 4 rings (SSSR count). The molecule has 0 aliphatic heterocycles. The van der Waals surface area contributed by atoms with Gasteiger partial charge in [-0.15, -0.1) is 0 Å². The van der Waals surface area contributed by atoms with Gasteiger partial charge in [0.1, 0.15) is 17.4 Å². The number of fused-ring (bicyclic) bond motifs is 1. The van der Waals surface area contributed by atoms with Crippen molar-refractivity contribution in [2.75, 3.05) is 5.32 Å². The van der Waals surface area contributed by atoms with Gasteiger partial charge in [-0.1, -0.05) is 75.4 Å². The van der Waals surface area contributed by atoms with Crippen LogP contribution < -0.4 is 5.32 Å². The Morgan fingerprint density at radius 1 is 1.00 bits per heavy atom. The van der Waals surface area contributed by atoms with Gasteiger partial charge in [0.25, 0.3) is 0 Å². The number of aryl methyl sites for hydroxylation is 1. The first-order valence-electron chi connectivity index (χ1n) is 12.6. The number of aliphatic hydroxyl groups is 1. The van der Waals surface area contributed by atoms with Gasteiger partial charge in [0.05, 0.1) is 0 Å². The number of nitrogens with one attached hydrogen (secondary N) is 1. The molecule has 3 aromatic carbocycles. The number of carbonyl (C=O) groups is 1. The highest BCUT2D eigenvalue weighted by Gasteiger charge is 2.39. The Labute approximate surface area is 219 Å². The molecule has 0 radical (unpaired) electrons. The lowest BCUT2D eigenvalue weighted by molar-refractivity contribution is 0.0693. The number of benzene rings is 3. The zero-order valence-electron chi connectivity index (χ0n) is 22.1. The minimum absolute atomic E-state index is 0.0148. The summed E-state index contributed by atoms with van der Waals surface area (Å²) in [6.45, 7) is 11.8. The fourth-order valence-corrected chi connectivity index (χ4v) is 5.04. The van der Waals surface area contributed by atoms with Crippen molar-refractivity contribution in [3.05, 3.63) is 93.5 Å². The molecule has 0 bridgehead atoms. The standard InChI is InChI=1S/C32H35NO4/c1-20-6-8-22(9-7-20)19-33-26-18-23(17-25-29(26)32(4,5)15-14-31(25,2)3)27(34)13-11-21-10-12-24(30(36)37)28(35)16-21/h6-10,12,16-18,27,33-35H,14-15,19H2,1-5H3,(H,36,37). The quantitative estimate of drug-likeness (QED) is 0.304. The number of hydrogen-bond acceptors (Lipinski definition) is 4. The topological polar surface area (TPSA) is 89.8 Å². The maximum atomic E-state index is 11.1. The lowest BCUT2D eigenvalue weighted by atomic mass is 9.62. The molecule has 1 aliphatic carbocycles. The van der Waals surface area contributed by atoms with Crippen LogP contribution in [0.25, 0.3) is 0 Å². The number of aromatic carboxylic acids is 1. The normalized spacial score (nSPS) is 16.2. The number of carboxylic acids is 1. The molecular weight excluding hydrogens is 462 g/mol. The molecule has 37 heavy (non-hydrogen) atoms. The summed E-state index contributed by atoms with van der Waals surface area (Å²) >= 11 is 0. The summed E-state index contributed by atoms with van der Waals surface area (Å²) < 4.78 is 0. The molecule has 1 aliphatic rings. The van der Waals surface area contributed by atoms with Crippen LogP contribution >= 0.6 is 0 Å². The van der Waals surface area contributed by atoms with Crippen molar-refractivity contribution >= 4 is 11.7 Å². The largest absolute Gasteiger partial charge is 0.507 e. The lowest BCUT2D eigenvalue weighted by Crippen LogP contribution is -2.35. The second-order valence-electron chi connectivity index (χ2n) is 11.3. The Hall–Kier alpha value is -3.75. The van der Waals surface area contributed by atoms with Crippen molar-refractivity contribution in [3.63, 3.8) is 0 Å². The maximum absolute atomic E-state index is 11.1. The maximum Gasteiger partial charge on any atom is 0.339 e. The van der Waals surface area contributed by atoms with E-state index in [4.69, 9.17) is 5.11 Å². The molecule has 1 unspecified atom stereocenters. The van der Waals surface area contributed by atoms with Crippen LogP contribution in [0, 0.1) is 18.8 Å². The van der Waals surface area contributed by atoms with Crippen LogP contribution in [-0.2, 0) is 17.4 Å². The van der Waals surface area contributed by atoms with Gasteiger partial charge >= 0.3 is 5.97 Å². The predicted octanol–water partition coefficient (Wildman–Crippen LogP) is 6.45. The van der Waals surface area contributed by atoms with Crippen LogP contribution in [0.15, 0.2) is 54.6 Å². The third kappa shape index (κ3) is 5.65. The molecule has 1 atom stereocenters. The Balaban J connectivity index is 1.72. The Kier molecular flexibility index (Phi) is 7.08. The van der Waals surface area contributed by atoms with Crippen LogP contribution in [0.4, 0.5) is 5.69 Å². The van der Waals surface area contributed by atoms with E-state index in [0.717, 1.165) is 18.5 Å². The first-order valence-corrected chi connectivity index (χ1v) is 12.6. The van der Waals surface area contributed by atoms with Crippen LogP contribution in [-0.4, -0.2) is 21.3 Å². The van der Waals surface area contributed by atoms with E-state index in [1.165, 1.54) is 40.5 Å². The molecule has 0 fully saturated rings.